The predicted octanol–water partition coefficient (Wildman–Crippen LogP) is 2.27. The molecule has 2 rings (SSSR count). The summed E-state index contributed by atoms with van der Waals surface area (Å²) < 4.78 is 11.1. The van der Waals surface area contributed by atoms with E-state index in [9.17, 15) is 9.59 Å². The fourth-order valence-corrected chi connectivity index (χ4v) is 2.53. The highest BCUT2D eigenvalue weighted by atomic mass is 16.6. The third-order valence-corrected chi connectivity index (χ3v) is 3.99. The minimum Gasteiger partial charge on any atom is -0.486 e. The predicted molar refractivity (Wildman–Crippen MR) is 88.4 cm³/mol. The number of rotatable bonds is 6. The van der Waals surface area contributed by atoms with E-state index in [-0.39, 0.29) is 18.6 Å². The van der Waals surface area contributed by atoms with E-state index in [2.05, 4.69) is 5.32 Å². The molecule has 1 aliphatic rings. The van der Waals surface area contributed by atoms with Gasteiger partial charge in [-0.3, -0.25) is 4.79 Å². The first-order valence-electron chi connectivity index (χ1n) is 8.06. The Morgan fingerprint density at radius 1 is 1.29 bits per heavy atom. The van der Waals surface area contributed by atoms with Gasteiger partial charge in [-0.2, -0.15) is 0 Å². The monoisotopic (exact) mass is 336 g/mol. The van der Waals surface area contributed by atoms with Crippen molar-refractivity contribution in [1.82, 2.24) is 10.2 Å². The number of urea groups is 1. The largest absolute Gasteiger partial charge is 0.486 e. The molecule has 24 heavy (non-hydrogen) atoms. The molecule has 0 spiro atoms. The van der Waals surface area contributed by atoms with E-state index in [0.29, 0.717) is 31.1 Å². The molecule has 2 unspecified atom stereocenters. The Kier molecular flexibility index (Phi) is 5.89. The van der Waals surface area contributed by atoms with Crippen LogP contribution in [0, 0.1) is 5.92 Å². The molecular formula is C17H24N2O5. The average Bonchev–Trinajstić information content (AvgIpc) is 2.58. The first-order valence-corrected chi connectivity index (χ1v) is 8.06. The Labute approximate surface area is 141 Å². The molecule has 1 heterocycles. The molecule has 0 radical (unpaired) electrons. The molecule has 132 valence electrons. The highest BCUT2D eigenvalue weighted by molar-refractivity contribution is 5.76. The van der Waals surface area contributed by atoms with Gasteiger partial charge in [0.15, 0.2) is 11.5 Å². The van der Waals surface area contributed by atoms with Gasteiger partial charge in [-0.15, -0.1) is 0 Å². The first kappa shape index (κ1) is 17.9. The number of fused-ring (bicyclic) bond motifs is 1. The molecule has 0 aromatic heterocycles. The van der Waals surface area contributed by atoms with Crippen LogP contribution in [0.5, 0.6) is 11.5 Å². The van der Waals surface area contributed by atoms with Crippen molar-refractivity contribution >= 4 is 12.0 Å². The zero-order valence-corrected chi connectivity index (χ0v) is 14.2. The quantitative estimate of drug-likeness (QED) is 0.832. The number of nitrogens with one attached hydrogen (secondary N) is 1. The summed E-state index contributed by atoms with van der Waals surface area (Å²) in [6.07, 6.45) is 0.702. The van der Waals surface area contributed by atoms with Gasteiger partial charge in [-0.25, -0.2) is 4.79 Å². The number of aliphatic carboxylic acids is 1. The molecule has 2 amide bonds. The fourth-order valence-electron chi connectivity index (χ4n) is 2.53. The van der Waals surface area contributed by atoms with Crippen LogP contribution in [0.4, 0.5) is 4.79 Å². The number of amides is 2. The van der Waals surface area contributed by atoms with Crippen molar-refractivity contribution < 1.29 is 24.2 Å². The second-order valence-corrected chi connectivity index (χ2v) is 5.93. The van der Waals surface area contributed by atoms with Crippen molar-refractivity contribution in [1.29, 1.82) is 0 Å². The molecule has 0 saturated heterocycles. The second kappa shape index (κ2) is 7.90. The van der Waals surface area contributed by atoms with Crippen LogP contribution in [-0.2, 0) is 4.79 Å². The normalized spacial score (nSPS) is 15.3. The Morgan fingerprint density at radius 2 is 1.96 bits per heavy atom. The minimum atomic E-state index is -0.923. The van der Waals surface area contributed by atoms with E-state index in [1.54, 1.807) is 14.0 Å². The summed E-state index contributed by atoms with van der Waals surface area (Å²) in [6.45, 7) is 4.74. The van der Waals surface area contributed by atoms with Gasteiger partial charge in [0, 0.05) is 13.6 Å². The zero-order chi connectivity index (χ0) is 17.7. The number of carboxylic acid groups (broad SMARTS) is 1. The van der Waals surface area contributed by atoms with E-state index in [4.69, 9.17) is 14.6 Å². The van der Waals surface area contributed by atoms with Crippen molar-refractivity contribution in [3.63, 3.8) is 0 Å². The lowest BCUT2D eigenvalue weighted by atomic mass is 10.0. The van der Waals surface area contributed by atoms with E-state index in [1.807, 2.05) is 25.1 Å². The lowest BCUT2D eigenvalue weighted by molar-refractivity contribution is -0.141. The maximum Gasteiger partial charge on any atom is 0.317 e. The van der Waals surface area contributed by atoms with Crippen LogP contribution >= 0.6 is 0 Å². The number of carboxylic acids is 1. The van der Waals surface area contributed by atoms with E-state index < -0.39 is 11.9 Å². The van der Waals surface area contributed by atoms with Crippen LogP contribution in [0.15, 0.2) is 18.2 Å². The van der Waals surface area contributed by atoms with Gasteiger partial charge < -0.3 is 24.8 Å². The number of nitrogens with zero attached hydrogens (tertiary/aromatic N) is 1. The van der Waals surface area contributed by atoms with Crippen LogP contribution in [0.2, 0.25) is 0 Å². The van der Waals surface area contributed by atoms with Gasteiger partial charge in [0.2, 0.25) is 0 Å². The van der Waals surface area contributed by atoms with E-state index in [1.165, 1.54) is 4.90 Å². The molecule has 2 atom stereocenters. The second-order valence-electron chi connectivity index (χ2n) is 5.93. The van der Waals surface area contributed by atoms with Gasteiger partial charge in [-0.1, -0.05) is 19.9 Å². The Bertz CT molecular complexity index is 605. The molecule has 2 N–H and O–H groups in total. The van der Waals surface area contributed by atoms with Gasteiger partial charge in [0.1, 0.15) is 13.2 Å². The van der Waals surface area contributed by atoms with Gasteiger partial charge in [-0.05, 0) is 24.1 Å². The molecule has 1 aliphatic heterocycles. The molecule has 0 aliphatic carbocycles. The topological polar surface area (TPSA) is 88.1 Å². The minimum absolute atomic E-state index is 0.152. The first-order chi connectivity index (χ1) is 11.4. The molecule has 0 fully saturated rings. The number of benzene rings is 1. The molecule has 1 aromatic rings. The number of carbonyl (C=O) groups excluding carboxylic acids is 1. The van der Waals surface area contributed by atoms with E-state index in [0.717, 1.165) is 5.56 Å². The average molecular weight is 336 g/mol. The Morgan fingerprint density at radius 3 is 2.58 bits per heavy atom. The summed E-state index contributed by atoms with van der Waals surface area (Å²) in [6, 6.07) is 5.14. The molecule has 7 nitrogen and oxygen atoms in total. The lowest BCUT2D eigenvalue weighted by Gasteiger charge is -2.25. The maximum absolute atomic E-state index is 12.3. The van der Waals surface area contributed by atoms with Crippen LogP contribution in [0.3, 0.4) is 0 Å². The molecule has 0 saturated carbocycles. The van der Waals surface area contributed by atoms with Crippen molar-refractivity contribution in [2.75, 3.05) is 26.8 Å². The Hall–Kier alpha value is -2.44. The van der Waals surface area contributed by atoms with Crippen molar-refractivity contribution in [2.24, 2.45) is 5.92 Å². The van der Waals surface area contributed by atoms with Crippen LogP contribution in [0.25, 0.3) is 0 Å². The zero-order valence-electron chi connectivity index (χ0n) is 14.2. The summed E-state index contributed by atoms with van der Waals surface area (Å²) >= 11 is 0. The summed E-state index contributed by atoms with van der Waals surface area (Å²) in [5.41, 5.74) is 0.926. The smallest absolute Gasteiger partial charge is 0.317 e. The molecular weight excluding hydrogens is 312 g/mol. The lowest BCUT2D eigenvalue weighted by Crippen LogP contribution is -2.42. The summed E-state index contributed by atoms with van der Waals surface area (Å²) in [4.78, 5) is 24.6. The van der Waals surface area contributed by atoms with Crippen molar-refractivity contribution in [2.45, 2.75) is 26.3 Å². The maximum atomic E-state index is 12.3. The number of hydrogen-bond acceptors (Lipinski definition) is 4. The van der Waals surface area contributed by atoms with Crippen LogP contribution in [0.1, 0.15) is 31.9 Å². The SMILES string of the molecule is CCC(NC(=O)N(C)CC(C)C(=O)O)c1ccc2c(c1)OCCO2. The van der Waals surface area contributed by atoms with Gasteiger partial charge >= 0.3 is 12.0 Å². The van der Waals surface area contributed by atoms with Crippen molar-refractivity contribution in [3.8, 4) is 11.5 Å². The Balaban J connectivity index is 2.03. The summed E-state index contributed by atoms with van der Waals surface area (Å²) in [5, 5.41) is 11.9. The summed E-state index contributed by atoms with van der Waals surface area (Å²) in [7, 11) is 1.59. The van der Waals surface area contributed by atoms with Crippen LogP contribution < -0.4 is 14.8 Å². The molecule has 1 aromatic carbocycles. The molecule has 7 heteroatoms. The third-order valence-electron chi connectivity index (χ3n) is 3.99. The summed E-state index contributed by atoms with van der Waals surface area (Å²) in [5.74, 6) is -0.151. The highest BCUT2D eigenvalue weighted by Crippen LogP contribution is 2.33. The number of carbonyl (C=O) groups is 2. The van der Waals surface area contributed by atoms with Gasteiger partial charge in [0.25, 0.3) is 0 Å². The highest BCUT2D eigenvalue weighted by Gasteiger charge is 2.21. The number of ether oxygens (including phenoxy) is 2. The van der Waals surface area contributed by atoms with Crippen molar-refractivity contribution in [3.05, 3.63) is 23.8 Å². The third kappa shape index (κ3) is 4.31. The fraction of sp³-hybridized carbons (Fsp3) is 0.529. The van der Waals surface area contributed by atoms with Gasteiger partial charge in [0.05, 0.1) is 12.0 Å². The van der Waals surface area contributed by atoms with E-state index >= 15 is 0 Å². The van der Waals surface area contributed by atoms with Crippen LogP contribution in [-0.4, -0.2) is 48.8 Å². The standard InChI is InChI=1S/C17H24N2O5/c1-4-13(18-17(22)19(3)10-11(2)16(20)21)12-5-6-14-15(9-12)24-8-7-23-14/h5-6,9,11,13H,4,7-8,10H2,1-3H3,(H,18,22)(H,20,21). The molecule has 0 bridgehead atoms. The number of hydrogen-bond donors (Lipinski definition) is 2.